The second-order valence-electron chi connectivity index (χ2n) is 32.7. The van der Waals surface area contributed by atoms with E-state index in [9.17, 15) is 0 Å². The van der Waals surface area contributed by atoms with Crippen LogP contribution in [0, 0.1) is 0 Å². The summed E-state index contributed by atoms with van der Waals surface area (Å²) in [5.41, 5.74) is 29.9. The van der Waals surface area contributed by atoms with Crippen LogP contribution in [0.5, 0.6) is 0 Å². The van der Waals surface area contributed by atoms with Crippen LogP contribution in [0.3, 0.4) is 0 Å². The van der Waals surface area contributed by atoms with Gasteiger partial charge in [0.25, 0.3) is 0 Å². The zero-order valence-corrected chi connectivity index (χ0v) is 72.6. The molecule has 21 rings (SSSR count). The van der Waals surface area contributed by atoms with E-state index in [2.05, 4.69) is 190 Å². The number of fused-ring (bicyclic) bond motifs is 8. The molecule has 0 saturated carbocycles. The predicted molar refractivity (Wildman–Crippen MR) is 495 cm³/mol. The van der Waals surface area contributed by atoms with Gasteiger partial charge in [0.1, 0.15) is 22.8 Å². The monoisotopic (exact) mass is 1710 g/mol. The van der Waals surface area contributed by atoms with E-state index < -0.39 is 0 Å². The second-order valence-corrected chi connectivity index (χ2v) is 32.7. The molecule has 0 aliphatic carbocycles. The van der Waals surface area contributed by atoms with Crippen LogP contribution in [0.25, 0.3) is 179 Å². The van der Waals surface area contributed by atoms with Gasteiger partial charge in [-0.3, -0.25) is 45.2 Å². The first-order valence-electron chi connectivity index (χ1n) is 41.9. The molecule has 1 aliphatic rings. The maximum absolute atomic E-state index is 5.46. The van der Waals surface area contributed by atoms with Crippen LogP contribution in [0.2, 0.25) is 0 Å². The molecular formula is C95H96N28O5. The van der Waals surface area contributed by atoms with Crippen molar-refractivity contribution >= 4 is 88.3 Å². The number of rotatable bonds is 24. The first-order valence-corrected chi connectivity index (χ1v) is 41.9. The van der Waals surface area contributed by atoms with Crippen molar-refractivity contribution in [3.8, 4) is 90.6 Å². The van der Waals surface area contributed by atoms with Crippen molar-refractivity contribution in [1.29, 1.82) is 0 Å². The maximum atomic E-state index is 5.46. The maximum Gasteiger partial charge on any atom is 0.181 e. The molecule has 20 aromatic rings. The molecule has 17 heterocycles. The number of methoxy groups -OCH3 is 4. The lowest BCUT2D eigenvalue weighted by Crippen LogP contribution is -2.35. The zero-order valence-electron chi connectivity index (χ0n) is 72.6. The Morgan fingerprint density at radius 1 is 0.383 bits per heavy atom. The Balaban J connectivity index is 0.000000115. The minimum absolute atomic E-state index is 0.0396. The van der Waals surface area contributed by atoms with E-state index >= 15 is 0 Å². The van der Waals surface area contributed by atoms with Crippen LogP contribution in [0.4, 0.5) is 0 Å². The summed E-state index contributed by atoms with van der Waals surface area (Å²) in [7, 11) is 12.8. The number of nitrogens with one attached hydrogen (secondary N) is 10. The smallest absolute Gasteiger partial charge is 0.181 e. The number of imidazole rings is 4. The average Bonchev–Trinajstić information content (AvgIpc) is 1.63. The van der Waals surface area contributed by atoms with Gasteiger partial charge in [-0.25, -0.2) is 39.9 Å². The molecule has 33 heteroatoms. The molecular weight excluding hydrogens is 1610 g/mol. The molecule has 646 valence electrons. The number of para-hydroxylation sites is 4. The lowest BCUT2D eigenvalue weighted by molar-refractivity contribution is 0.0341. The molecule has 0 radical (unpaired) electrons. The van der Waals surface area contributed by atoms with Crippen molar-refractivity contribution in [2.75, 3.05) is 75.9 Å². The van der Waals surface area contributed by atoms with Gasteiger partial charge < -0.3 is 59.2 Å². The molecule has 33 nitrogen and oxygen atoms in total. The molecule has 0 unspecified atom stereocenters. The van der Waals surface area contributed by atoms with E-state index in [0.29, 0.717) is 49.0 Å². The number of pyridine rings is 8. The fourth-order valence-electron chi connectivity index (χ4n) is 15.8. The van der Waals surface area contributed by atoms with Gasteiger partial charge in [0.05, 0.1) is 105 Å². The number of aromatic amines is 8. The van der Waals surface area contributed by atoms with Crippen LogP contribution < -0.4 is 10.6 Å². The van der Waals surface area contributed by atoms with Gasteiger partial charge in [-0.2, -0.15) is 20.4 Å². The van der Waals surface area contributed by atoms with E-state index in [4.69, 9.17) is 43.6 Å². The number of benzene rings is 4. The molecule has 16 aromatic heterocycles. The van der Waals surface area contributed by atoms with Crippen molar-refractivity contribution in [2.45, 2.75) is 78.9 Å². The molecule has 0 atom stereocenters. The van der Waals surface area contributed by atoms with Gasteiger partial charge >= 0.3 is 0 Å². The van der Waals surface area contributed by atoms with E-state index in [1.54, 1.807) is 28.4 Å². The van der Waals surface area contributed by atoms with Crippen LogP contribution in [-0.4, -0.2) is 212 Å². The summed E-state index contributed by atoms with van der Waals surface area (Å²) in [4.78, 5) is 73.4. The van der Waals surface area contributed by atoms with Crippen molar-refractivity contribution in [3.05, 3.63) is 240 Å². The summed E-state index contributed by atoms with van der Waals surface area (Å²) < 4.78 is 26.7. The highest BCUT2D eigenvalue weighted by atomic mass is 16.5. The van der Waals surface area contributed by atoms with Crippen molar-refractivity contribution < 1.29 is 23.7 Å². The average molecular weight is 1710 g/mol. The molecule has 0 spiro atoms. The fraction of sp³-hybridized carbons (Fsp3) is 0.242. The Bertz CT molecular complexity index is 7310. The largest absolute Gasteiger partial charge is 0.380 e. The van der Waals surface area contributed by atoms with E-state index in [1.807, 2.05) is 168 Å². The number of hydrogen-bond acceptors (Lipinski definition) is 25. The van der Waals surface area contributed by atoms with Gasteiger partial charge in [-0.05, 0) is 137 Å². The Kier molecular flexibility index (Phi) is 24.9. The lowest BCUT2D eigenvalue weighted by atomic mass is 10.1. The first-order chi connectivity index (χ1) is 62.6. The van der Waals surface area contributed by atoms with E-state index in [1.165, 1.54) is 5.56 Å². The van der Waals surface area contributed by atoms with Gasteiger partial charge in [0, 0.05) is 214 Å². The van der Waals surface area contributed by atoms with Gasteiger partial charge in [-0.1, -0.05) is 48.5 Å². The number of hydrogen-bond donors (Lipinski definition) is 10. The quantitative estimate of drug-likeness (QED) is 0.0269. The number of ether oxygens (including phenoxy) is 5. The Labute approximate surface area is 734 Å². The Morgan fingerprint density at radius 2 is 0.688 bits per heavy atom. The van der Waals surface area contributed by atoms with Crippen LogP contribution in [-0.2, 0) is 76.3 Å². The molecule has 1 aliphatic heterocycles. The fourth-order valence-corrected chi connectivity index (χ4v) is 15.8. The summed E-state index contributed by atoms with van der Waals surface area (Å²) in [6.07, 6.45) is 22.4. The standard InChI is InChI=1S/C25H25N7O2.C25H27N7O.C23H23N7O.C22H21N7O/c1-33-15-17-3-2-4-21-22(17)29-25(28-21)23-20-10-19(13-27-24(20)31-30-23)18-9-16(11-26-12-18)14-32-5-7-34-8-6-32;1-25(2,3)28-11-15-8-17(12-26-10-15)18-9-19-22(31-32-23(19)27-13-18)24-29-20-7-5-6-16(14-33-4)21(20)30-24;1-30(2)12-14-7-16(10-24-9-14)17-8-18-21(28-29-22(18)25-11-17)23-26-19-6-4-5-15(13-31-3)20(19)27-23;1-23-8-13-6-15(10-24-9-13)16-7-17-20(28-29-21(17)25-11-16)22-26-18-5-3-4-14(12-30-2)19(18)27-22/h2-4,9-13H,5-8,14-15H2,1H3,(H,28,29)(H,27,30,31);5-10,12-13,28H,11,14H2,1-4H3,(H,29,30)(H,27,31,32);4-11H,12-13H2,1-3H3,(H,26,27)(H,25,28,29);3-7,9-11,23H,8,12H2,1-2H3,(H,26,27)(H,25,28,29). The third kappa shape index (κ3) is 18.6. The normalized spacial score (nSPS) is 12.6. The van der Waals surface area contributed by atoms with Crippen LogP contribution >= 0.6 is 0 Å². The summed E-state index contributed by atoms with van der Waals surface area (Å²) in [5, 5.41) is 40.2. The number of aromatic nitrogens is 24. The van der Waals surface area contributed by atoms with Gasteiger partial charge in [0.2, 0.25) is 0 Å². The SMILES string of the molecule is CNCc1cncc(-c2cnc3n[nH]c(-c4nc5c(COC)cccc5[nH]4)c3c2)c1.COCc1cccc2[nH]c(-c3[nH]nc4ncc(-c5cncc(CN(C)C)c5)cc34)nc12.COCc1cccc2[nH]c(-c3[nH]nc4ncc(-c5cncc(CN6CCOCC6)c5)cc34)nc12.COCc1cccc2[nH]c(-c3[nH]nc4ncc(-c5cncc(CNC(C)(C)C)c5)cc34)nc12. The highest BCUT2D eigenvalue weighted by molar-refractivity contribution is 5.98. The minimum Gasteiger partial charge on any atom is -0.380 e. The summed E-state index contributed by atoms with van der Waals surface area (Å²) in [6.45, 7) is 15.1. The third-order valence-electron chi connectivity index (χ3n) is 21.9. The second kappa shape index (κ2) is 37.7. The number of morpholine rings is 1. The Hall–Kier alpha value is -14.5. The van der Waals surface area contributed by atoms with Crippen LogP contribution in [0.1, 0.15) is 65.3 Å². The van der Waals surface area contributed by atoms with E-state index in [0.717, 1.165) is 248 Å². The highest BCUT2D eigenvalue weighted by Crippen LogP contribution is 2.37. The topological polar surface area (TPSA) is 409 Å². The molecule has 1 fully saturated rings. The third-order valence-corrected chi connectivity index (χ3v) is 21.9. The van der Waals surface area contributed by atoms with E-state index in [-0.39, 0.29) is 5.54 Å². The number of H-pyrrole nitrogens is 8. The highest BCUT2D eigenvalue weighted by Gasteiger charge is 2.23. The molecule has 4 aromatic carbocycles. The lowest BCUT2D eigenvalue weighted by Gasteiger charge is -2.26. The number of nitrogens with zero attached hydrogens (tertiary/aromatic N) is 18. The zero-order chi connectivity index (χ0) is 87.8. The van der Waals surface area contributed by atoms with Crippen molar-refractivity contribution in [3.63, 3.8) is 0 Å². The van der Waals surface area contributed by atoms with Gasteiger partial charge in [0.15, 0.2) is 45.9 Å². The Morgan fingerprint density at radius 3 is 1.01 bits per heavy atom. The summed E-state index contributed by atoms with van der Waals surface area (Å²) in [6, 6.07) is 41.1. The minimum atomic E-state index is 0.0396. The van der Waals surface area contributed by atoms with Crippen LogP contribution in [0.15, 0.2) is 196 Å². The molecule has 0 amide bonds. The van der Waals surface area contributed by atoms with Crippen molar-refractivity contribution in [2.24, 2.45) is 0 Å². The van der Waals surface area contributed by atoms with Gasteiger partial charge in [-0.15, -0.1) is 0 Å². The summed E-state index contributed by atoms with van der Waals surface area (Å²) >= 11 is 0. The molecule has 1 saturated heterocycles. The molecule has 128 heavy (non-hydrogen) atoms. The predicted octanol–water partition coefficient (Wildman–Crippen LogP) is 15.3. The molecule has 10 N–H and O–H groups in total. The van der Waals surface area contributed by atoms with Crippen molar-refractivity contribution in [1.82, 2.24) is 141 Å². The molecule has 0 bridgehead atoms. The first kappa shape index (κ1) is 84.3. The summed E-state index contributed by atoms with van der Waals surface area (Å²) in [5.74, 6) is 2.88.